The van der Waals surface area contributed by atoms with Gasteiger partial charge in [-0.3, -0.25) is 14.4 Å². The van der Waals surface area contributed by atoms with Crippen molar-refractivity contribution in [2.24, 2.45) is 0 Å². The molecule has 180 valence electrons. The quantitative estimate of drug-likeness (QED) is 0.307. The van der Waals surface area contributed by atoms with Crippen LogP contribution in [0.3, 0.4) is 0 Å². The minimum Gasteiger partial charge on any atom is -0.427 e. The van der Waals surface area contributed by atoms with Crippen molar-refractivity contribution in [3.05, 3.63) is 53.0 Å². The highest BCUT2D eigenvalue weighted by molar-refractivity contribution is 9.10. The van der Waals surface area contributed by atoms with E-state index in [4.69, 9.17) is 4.74 Å². The Balaban J connectivity index is 1.68. The van der Waals surface area contributed by atoms with Gasteiger partial charge in [-0.25, -0.2) is 13.3 Å². The lowest BCUT2D eigenvalue weighted by atomic mass is 9.94. The molecule has 0 spiro atoms. The van der Waals surface area contributed by atoms with E-state index in [2.05, 4.69) is 15.9 Å². The van der Waals surface area contributed by atoms with Gasteiger partial charge in [-0.05, 0) is 61.4 Å². The fourth-order valence-electron chi connectivity index (χ4n) is 4.60. The topological polar surface area (TPSA) is 101 Å². The van der Waals surface area contributed by atoms with E-state index >= 15 is 0 Å². The average Bonchev–Trinajstić information content (AvgIpc) is 3.08. The van der Waals surface area contributed by atoms with Crippen LogP contribution in [0.15, 0.2) is 57.9 Å². The number of amides is 2. The molecule has 0 radical (unpaired) electrons. The van der Waals surface area contributed by atoms with Crippen molar-refractivity contribution >= 4 is 49.4 Å². The zero-order chi connectivity index (χ0) is 24.5. The third kappa shape index (κ3) is 4.94. The molecule has 1 atom stereocenters. The number of benzene rings is 2. The second kappa shape index (κ2) is 9.97. The second-order valence-corrected chi connectivity index (χ2v) is 11.2. The van der Waals surface area contributed by atoms with Crippen LogP contribution < -0.4 is 9.64 Å². The number of nitrogens with zero attached hydrogens (tertiary/aromatic N) is 2. The Morgan fingerprint density at radius 2 is 1.62 bits per heavy atom. The molecule has 1 unspecified atom stereocenters. The van der Waals surface area contributed by atoms with E-state index < -0.39 is 33.8 Å². The fourth-order valence-corrected chi connectivity index (χ4v) is 6.69. The summed E-state index contributed by atoms with van der Waals surface area (Å²) in [6.45, 7) is 1.28. The van der Waals surface area contributed by atoms with Crippen LogP contribution in [-0.2, 0) is 24.4 Å². The van der Waals surface area contributed by atoms with Crippen LogP contribution >= 0.6 is 15.9 Å². The van der Waals surface area contributed by atoms with E-state index in [0.29, 0.717) is 18.5 Å². The second-order valence-electron chi connectivity index (χ2n) is 8.46. The van der Waals surface area contributed by atoms with Crippen molar-refractivity contribution in [3.8, 4) is 5.75 Å². The van der Waals surface area contributed by atoms with E-state index in [9.17, 15) is 22.8 Å². The van der Waals surface area contributed by atoms with Crippen LogP contribution in [0, 0.1) is 0 Å². The Morgan fingerprint density at radius 1 is 1.00 bits per heavy atom. The Kier molecular flexibility index (Phi) is 7.20. The summed E-state index contributed by atoms with van der Waals surface area (Å²) >= 11 is 3.32. The molecule has 1 saturated carbocycles. The summed E-state index contributed by atoms with van der Waals surface area (Å²) in [4.78, 5) is 38.7. The highest BCUT2D eigenvalue weighted by Gasteiger charge is 2.49. The predicted molar refractivity (Wildman–Crippen MR) is 129 cm³/mol. The molecular weight excluding hydrogens is 524 g/mol. The summed E-state index contributed by atoms with van der Waals surface area (Å²) in [5.74, 6) is -1.24. The number of anilines is 1. The maximum Gasteiger partial charge on any atom is 0.308 e. The number of ether oxygens (including phenoxy) is 1. The number of hydrogen-bond donors (Lipinski definition) is 0. The molecule has 0 N–H and O–H groups in total. The highest BCUT2D eigenvalue weighted by atomic mass is 79.9. The fraction of sp³-hybridized carbons (Fsp3) is 0.375. The van der Waals surface area contributed by atoms with Gasteiger partial charge >= 0.3 is 5.97 Å². The van der Waals surface area contributed by atoms with Gasteiger partial charge in [0.05, 0.1) is 17.0 Å². The first kappa shape index (κ1) is 24.6. The molecule has 0 bridgehead atoms. The summed E-state index contributed by atoms with van der Waals surface area (Å²) in [7, 11) is -4.03. The van der Waals surface area contributed by atoms with E-state index in [0.717, 1.165) is 28.6 Å². The number of carbonyl (C=O) groups excluding carboxylic acids is 3. The lowest BCUT2D eigenvalue weighted by Crippen LogP contribution is -2.51. The summed E-state index contributed by atoms with van der Waals surface area (Å²) in [5, 5.41) is 0. The molecule has 1 aliphatic carbocycles. The number of carbonyl (C=O) groups is 3. The number of esters is 1. The number of halogens is 1. The van der Waals surface area contributed by atoms with Gasteiger partial charge in [0.2, 0.25) is 15.9 Å². The molecule has 2 aromatic carbocycles. The van der Waals surface area contributed by atoms with Crippen molar-refractivity contribution < 1.29 is 27.5 Å². The van der Waals surface area contributed by atoms with Crippen molar-refractivity contribution in [1.82, 2.24) is 4.31 Å². The molecule has 1 aliphatic heterocycles. The van der Waals surface area contributed by atoms with Crippen LogP contribution in [0.4, 0.5) is 5.69 Å². The third-order valence-electron chi connectivity index (χ3n) is 6.11. The van der Waals surface area contributed by atoms with Gasteiger partial charge in [-0.2, -0.15) is 4.31 Å². The van der Waals surface area contributed by atoms with Crippen LogP contribution in [0.25, 0.3) is 0 Å². The normalized spacial score (nSPS) is 19.6. The third-order valence-corrected chi connectivity index (χ3v) is 8.61. The smallest absolute Gasteiger partial charge is 0.308 e. The van der Waals surface area contributed by atoms with Crippen molar-refractivity contribution in [2.75, 3.05) is 4.90 Å². The number of sulfonamides is 1. The highest BCUT2D eigenvalue weighted by Crippen LogP contribution is 2.35. The van der Waals surface area contributed by atoms with Gasteiger partial charge in [0.25, 0.3) is 5.91 Å². The van der Waals surface area contributed by atoms with Gasteiger partial charge in [0, 0.05) is 17.4 Å². The van der Waals surface area contributed by atoms with Crippen molar-refractivity contribution in [2.45, 2.75) is 62.4 Å². The zero-order valence-electron chi connectivity index (χ0n) is 18.6. The first-order valence-corrected chi connectivity index (χ1v) is 13.4. The number of imide groups is 1. The first-order valence-electron chi connectivity index (χ1n) is 11.1. The van der Waals surface area contributed by atoms with Crippen LogP contribution in [0.1, 0.15) is 45.4 Å². The van der Waals surface area contributed by atoms with Crippen molar-refractivity contribution in [1.29, 1.82) is 0 Å². The Morgan fingerprint density at radius 3 is 2.21 bits per heavy atom. The van der Waals surface area contributed by atoms with E-state index in [-0.39, 0.29) is 23.1 Å². The van der Waals surface area contributed by atoms with E-state index in [1.807, 2.05) is 0 Å². The molecule has 2 aliphatic rings. The molecule has 0 aromatic heterocycles. The van der Waals surface area contributed by atoms with Gasteiger partial charge in [0.1, 0.15) is 11.8 Å². The summed E-state index contributed by atoms with van der Waals surface area (Å²) in [5.41, 5.74) is 0.304. The number of hydrogen-bond acceptors (Lipinski definition) is 6. The maximum absolute atomic E-state index is 13.8. The average molecular weight is 549 g/mol. The Labute approximate surface area is 207 Å². The lowest BCUT2D eigenvalue weighted by Gasteiger charge is -2.36. The van der Waals surface area contributed by atoms with E-state index in [1.165, 1.54) is 47.6 Å². The van der Waals surface area contributed by atoms with Crippen LogP contribution in [-0.4, -0.2) is 42.6 Å². The molecule has 1 heterocycles. The molecule has 34 heavy (non-hydrogen) atoms. The summed E-state index contributed by atoms with van der Waals surface area (Å²) < 4.78 is 34.5. The largest absolute Gasteiger partial charge is 0.427 e. The Hall–Kier alpha value is -2.56. The zero-order valence-corrected chi connectivity index (χ0v) is 21.0. The first-order chi connectivity index (χ1) is 16.2. The monoisotopic (exact) mass is 548 g/mol. The molecule has 10 heteroatoms. The molecule has 2 aromatic rings. The molecule has 1 saturated heterocycles. The van der Waals surface area contributed by atoms with Gasteiger partial charge in [-0.1, -0.05) is 35.2 Å². The summed E-state index contributed by atoms with van der Waals surface area (Å²) in [6.07, 6.45) is 3.81. The minimum atomic E-state index is -4.03. The molecule has 2 amide bonds. The van der Waals surface area contributed by atoms with Crippen LogP contribution in [0.5, 0.6) is 5.75 Å². The Bertz CT molecular complexity index is 1190. The van der Waals surface area contributed by atoms with Crippen molar-refractivity contribution in [3.63, 3.8) is 0 Å². The molecule has 4 rings (SSSR count). The molecular formula is C24H25BrN2O6S. The standard InChI is InChI=1S/C24H25BrN2O6S/c1-16(28)33-20-11-9-18(10-12-20)26-23(29)15-22(24(26)30)27(19-5-3-2-4-6-19)34(31,32)21-13-7-17(25)8-14-21/h7-14,19,22H,2-6,15H2,1H3. The number of rotatable bonds is 6. The van der Waals surface area contributed by atoms with E-state index in [1.54, 1.807) is 12.1 Å². The predicted octanol–water partition coefficient (Wildman–Crippen LogP) is 4.03. The lowest BCUT2D eigenvalue weighted by molar-refractivity contribution is -0.132. The minimum absolute atomic E-state index is 0.0886. The summed E-state index contributed by atoms with van der Waals surface area (Å²) in [6, 6.07) is 10.8. The maximum atomic E-state index is 13.8. The van der Waals surface area contributed by atoms with Gasteiger partial charge < -0.3 is 4.74 Å². The molecule has 8 nitrogen and oxygen atoms in total. The molecule has 2 fully saturated rings. The SMILES string of the molecule is CC(=O)Oc1ccc(N2C(=O)CC(N(C3CCCCC3)S(=O)(=O)c3ccc(Br)cc3)C2=O)cc1. The van der Waals surface area contributed by atoms with Gasteiger partial charge in [-0.15, -0.1) is 0 Å². The van der Waals surface area contributed by atoms with Crippen LogP contribution in [0.2, 0.25) is 0 Å². The van der Waals surface area contributed by atoms with Gasteiger partial charge in [0.15, 0.2) is 0 Å².